The van der Waals surface area contributed by atoms with Crippen molar-refractivity contribution >= 4 is 11.8 Å². The minimum Gasteiger partial charge on any atom is -0.193 e. The molecule has 0 radical (unpaired) electrons. The third-order valence-electron chi connectivity index (χ3n) is 5.23. The number of nitrogens with zero attached hydrogens (tertiary/aromatic N) is 1. The Labute approximate surface area is 115 Å². The first-order valence-corrected chi connectivity index (χ1v) is 8.52. The lowest BCUT2D eigenvalue weighted by molar-refractivity contribution is -0.0176. The molecule has 0 aromatic heterocycles. The summed E-state index contributed by atoms with van der Waals surface area (Å²) in [5.74, 6) is 5.80. The predicted molar refractivity (Wildman–Crippen MR) is 77.0 cm³/mol. The van der Waals surface area contributed by atoms with Crippen LogP contribution in [0.15, 0.2) is 11.0 Å². The van der Waals surface area contributed by atoms with Gasteiger partial charge in [0.1, 0.15) is 0 Å². The van der Waals surface area contributed by atoms with Gasteiger partial charge in [0.05, 0.1) is 6.07 Å². The number of thioether (sulfide) groups is 1. The summed E-state index contributed by atoms with van der Waals surface area (Å²) in [5, 5.41) is 9.05. The normalized spacial score (nSPS) is 42.0. The van der Waals surface area contributed by atoms with Gasteiger partial charge in [-0.15, -0.1) is 11.8 Å². The average molecular weight is 261 g/mol. The van der Waals surface area contributed by atoms with Crippen LogP contribution in [0.25, 0.3) is 0 Å². The molecule has 18 heavy (non-hydrogen) atoms. The van der Waals surface area contributed by atoms with Gasteiger partial charge in [-0.25, -0.2) is 0 Å². The van der Waals surface area contributed by atoms with Crippen molar-refractivity contribution in [2.24, 2.45) is 29.6 Å². The fourth-order valence-electron chi connectivity index (χ4n) is 4.91. The summed E-state index contributed by atoms with van der Waals surface area (Å²) in [6.45, 7) is 2.23. The van der Waals surface area contributed by atoms with Crippen molar-refractivity contribution in [1.82, 2.24) is 0 Å². The summed E-state index contributed by atoms with van der Waals surface area (Å²) >= 11 is 1.96. The fourth-order valence-corrected chi connectivity index (χ4v) is 6.06. The van der Waals surface area contributed by atoms with Gasteiger partial charge < -0.3 is 0 Å². The van der Waals surface area contributed by atoms with Crippen LogP contribution < -0.4 is 0 Å². The lowest BCUT2D eigenvalue weighted by atomic mass is 9.52. The standard InChI is InChI=1S/C16H23NS/c1-2-5-18-15(3-4-17)16-13-7-11-6-12(9-13)10-14(16)8-11/h3,11-14,16H,2,5-10H2,1H3/b15-3-. The van der Waals surface area contributed by atoms with Gasteiger partial charge in [-0.3, -0.25) is 0 Å². The number of allylic oxidation sites excluding steroid dienone is 2. The minimum absolute atomic E-state index is 0.744. The van der Waals surface area contributed by atoms with E-state index in [4.69, 9.17) is 5.26 Å². The third-order valence-corrected chi connectivity index (χ3v) is 6.57. The second-order valence-corrected chi connectivity index (χ2v) is 7.65. The van der Waals surface area contributed by atoms with Gasteiger partial charge in [0.25, 0.3) is 0 Å². The van der Waals surface area contributed by atoms with E-state index in [9.17, 15) is 0 Å². The van der Waals surface area contributed by atoms with Crippen molar-refractivity contribution in [2.45, 2.75) is 45.4 Å². The number of hydrogen-bond acceptors (Lipinski definition) is 2. The van der Waals surface area contributed by atoms with Crippen molar-refractivity contribution in [1.29, 1.82) is 5.26 Å². The van der Waals surface area contributed by atoms with Crippen LogP contribution in [-0.2, 0) is 0 Å². The molecule has 0 aliphatic heterocycles. The predicted octanol–water partition coefficient (Wildman–Crippen LogP) is 4.61. The quantitative estimate of drug-likeness (QED) is 0.690. The van der Waals surface area contributed by atoms with Crippen LogP contribution in [0.2, 0.25) is 0 Å². The monoisotopic (exact) mass is 261 g/mol. The van der Waals surface area contributed by atoms with E-state index in [1.54, 1.807) is 0 Å². The highest BCUT2D eigenvalue weighted by Gasteiger charge is 2.49. The van der Waals surface area contributed by atoms with E-state index in [1.807, 2.05) is 17.8 Å². The van der Waals surface area contributed by atoms with Gasteiger partial charge in [-0.1, -0.05) is 6.92 Å². The maximum Gasteiger partial charge on any atom is 0.0920 e. The zero-order valence-corrected chi connectivity index (χ0v) is 12.1. The first kappa shape index (κ1) is 12.6. The largest absolute Gasteiger partial charge is 0.193 e. The van der Waals surface area contributed by atoms with E-state index in [-0.39, 0.29) is 0 Å². The van der Waals surface area contributed by atoms with Crippen LogP contribution in [0.5, 0.6) is 0 Å². The molecule has 4 bridgehead atoms. The van der Waals surface area contributed by atoms with Gasteiger partial charge in [0.2, 0.25) is 0 Å². The molecule has 0 aromatic rings. The van der Waals surface area contributed by atoms with Crippen LogP contribution in [0.3, 0.4) is 0 Å². The Bertz CT molecular complexity index is 351. The lowest BCUT2D eigenvalue weighted by Crippen LogP contribution is -2.45. The molecule has 4 fully saturated rings. The summed E-state index contributed by atoms with van der Waals surface area (Å²) < 4.78 is 0. The van der Waals surface area contributed by atoms with Gasteiger partial charge in [-0.2, -0.15) is 5.26 Å². The molecule has 0 heterocycles. The molecule has 2 heteroatoms. The molecule has 0 N–H and O–H groups in total. The van der Waals surface area contributed by atoms with Crippen molar-refractivity contribution in [3.8, 4) is 6.07 Å². The molecule has 0 saturated heterocycles. The molecule has 0 amide bonds. The van der Waals surface area contributed by atoms with E-state index in [0.29, 0.717) is 0 Å². The molecule has 98 valence electrons. The summed E-state index contributed by atoms with van der Waals surface area (Å²) in [6.07, 6.45) is 10.4. The van der Waals surface area contributed by atoms with Crippen molar-refractivity contribution in [3.63, 3.8) is 0 Å². The molecule has 4 aliphatic carbocycles. The number of nitriles is 1. The third kappa shape index (κ3) is 2.23. The first-order chi connectivity index (χ1) is 8.81. The number of rotatable bonds is 4. The van der Waals surface area contributed by atoms with E-state index in [2.05, 4.69) is 13.0 Å². The average Bonchev–Trinajstić information content (AvgIpc) is 2.34. The zero-order valence-electron chi connectivity index (χ0n) is 11.3. The van der Waals surface area contributed by atoms with Crippen LogP contribution in [-0.4, -0.2) is 5.75 Å². The number of hydrogen-bond donors (Lipinski definition) is 0. The Hall–Kier alpha value is -0.420. The van der Waals surface area contributed by atoms with Gasteiger partial charge >= 0.3 is 0 Å². The topological polar surface area (TPSA) is 23.8 Å². The Morgan fingerprint density at radius 2 is 1.78 bits per heavy atom. The summed E-state index contributed by atoms with van der Waals surface area (Å²) in [7, 11) is 0. The van der Waals surface area contributed by atoms with Crippen molar-refractivity contribution in [2.75, 3.05) is 5.75 Å². The Morgan fingerprint density at radius 3 is 2.28 bits per heavy atom. The van der Waals surface area contributed by atoms with Gasteiger partial charge in [-0.05, 0) is 78.8 Å². The fraction of sp³-hybridized carbons (Fsp3) is 0.812. The second kappa shape index (κ2) is 5.29. The SMILES string of the molecule is CCCS/C(=C\C#N)C1C2CC3CC(C2)CC1C3. The second-order valence-electron chi connectivity index (χ2n) is 6.48. The molecular formula is C16H23NS. The maximum atomic E-state index is 9.05. The minimum atomic E-state index is 0.744. The van der Waals surface area contributed by atoms with Crippen molar-refractivity contribution < 1.29 is 0 Å². The van der Waals surface area contributed by atoms with E-state index in [0.717, 1.165) is 29.6 Å². The summed E-state index contributed by atoms with van der Waals surface area (Å²) in [6, 6.07) is 2.30. The van der Waals surface area contributed by atoms with Crippen molar-refractivity contribution in [3.05, 3.63) is 11.0 Å². The Balaban J connectivity index is 1.78. The molecular weight excluding hydrogens is 238 g/mol. The molecule has 4 saturated carbocycles. The van der Waals surface area contributed by atoms with Crippen LogP contribution >= 0.6 is 11.8 Å². The molecule has 4 rings (SSSR count). The smallest absolute Gasteiger partial charge is 0.0920 e. The molecule has 0 atom stereocenters. The summed E-state index contributed by atoms with van der Waals surface area (Å²) in [5.41, 5.74) is 0. The molecule has 0 spiro atoms. The molecule has 0 aromatic carbocycles. The molecule has 1 nitrogen and oxygen atoms in total. The van der Waals surface area contributed by atoms with Crippen LogP contribution in [0.1, 0.15) is 45.4 Å². The highest BCUT2D eigenvalue weighted by Crippen LogP contribution is 2.59. The van der Waals surface area contributed by atoms with Crippen LogP contribution in [0.4, 0.5) is 0 Å². The van der Waals surface area contributed by atoms with E-state index < -0.39 is 0 Å². The van der Waals surface area contributed by atoms with Gasteiger partial charge in [0, 0.05) is 6.08 Å². The summed E-state index contributed by atoms with van der Waals surface area (Å²) in [4.78, 5) is 1.42. The highest BCUT2D eigenvalue weighted by molar-refractivity contribution is 8.03. The van der Waals surface area contributed by atoms with Gasteiger partial charge in [0.15, 0.2) is 0 Å². The maximum absolute atomic E-state index is 9.05. The Morgan fingerprint density at radius 1 is 1.17 bits per heavy atom. The molecule has 0 unspecified atom stereocenters. The van der Waals surface area contributed by atoms with E-state index in [1.165, 1.54) is 49.2 Å². The lowest BCUT2D eigenvalue weighted by Gasteiger charge is -2.55. The van der Waals surface area contributed by atoms with Crippen LogP contribution in [0, 0.1) is 40.9 Å². The van der Waals surface area contributed by atoms with E-state index >= 15 is 0 Å². The first-order valence-electron chi connectivity index (χ1n) is 7.54. The molecule has 4 aliphatic rings. The Kier molecular flexibility index (Phi) is 3.71. The highest BCUT2D eigenvalue weighted by atomic mass is 32.2. The zero-order chi connectivity index (χ0) is 12.5.